The monoisotopic (exact) mass is 800 g/mol. The van der Waals surface area contributed by atoms with Crippen LogP contribution >= 0.6 is 0 Å². The average molecular weight is 801 g/mol. The van der Waals surface area contributed by atoms with Gasteiger partial charge >= 0.3 is 35.8 Å². The fraction of sp³-hybridized carbons (Fsp3) is 0.487. The van der Waals surface area contributed by atoms with Crippen LogP contribution in [0.15, 0.2) is 73.3 Å². The molecule has 57 heavy (non-hydrogen) atoms. The van der Waals surface area contributed by atoms with Crippen LogP contribution in [0.25, 0.3) is 0 Å². The maximum atomic E-state index is 13.6. The smallest absolute Gasteiger partial charge is 0.338 e. The lowest BCUT2D eigenvalue weighted by atomic mass is 9.97. The normalized spacial score (nSPS) is 30.5. The van der Waals surface area contributed by atoms with Crippen molar-refractivity contribution < 1.29 is 85.6 Å². The fourth-order valence-corrected chi connectivity index (χ4v) is 6.36. The molecule has 0 bridgehead atoms. The van der Waals surface area contributed by atoms with Crippen molar-refractivity contribution in [1.82, 2.24) is 0 Å². The molecule has 3 saturated heterocycles. The van der Waals surface area contributed by atoms with E-state index in [4.69, 9.17) is 56.8 Å². The quantitative estimate of drug-likeness (QED) is 0.144. The lowest BCUT2D eigenvalue weighted by molar-refractivity contribution is -0.398. The molecule has 5 rings (SSSR count). The van der Waals surface area contributed by atoms with Crippen molar-refractivity contribution in [3.63, 3.8) is 0 Å². The zero-order chi connectivity index (χ0) is 41.3. The predicted molar refractivity (Wildman–Crippen MR) is 188 cm³/mol. The summed E-state index contributed by atoms with van der Waals surface area (Å²) in [6, 6.07) is 16.0. The third-order valence-corrected chi connectivity index (χ3v) is 8.59. The zero-order valence-corrected chi connectivity index (χ0v) is 31.8. The third-order valence-electron chi connectivity index (χ3n) is 8.59. The van der Waals surface area contributed by atoms with E-state index in [0.717, 1.165) is 27.7 Å². The summed E-state index contributed by atoms with van der Waals surface area (Å²) in [4.78, 5) is 75.6. The Morgan fingerprint density at radius 1 is 0.632 bits per heavy atom. The van der Waals surface area contributed by atoms with E-state index in [-0.39, 0.29) is 17.7 Å². The highest BCUT2D eigenvalue weighted by Gasteiger charge is 2.62. The van der Waals surface area contributed by atoms with Crippen LogP contribution < -0.4 is 0 Å². The van der Waals surface area contributed by atoms with Crippen molar-refractivity contribution in [1.29, 1.82) is 0 Å². The van der Waals surface area contributed by atoms with Crippen LogP contribution in [0.4, 0.5) is 0 Å². The summed E-state index contributed by atoms with van der Waals surface area (Å²) in [5.74, 6) is -6.84. The number of ether oxygens (including phenoxy) is 12. The maximum absolute atomic E-state index is 13.6. The number of benzene rings is 2. The van der Waals surface area contributed by atoms with Crippen LogP contribution in [0.1, 0.15) is 55.3 Å². The molecule has 308 valence electrons. The van der Waals surface area contributed by atoms with Crippen LogP contribution in [-0.4, -0.2) is 123 Å². The lowest BCUT2D eigenvalue weighted by Gasteiger charge is -2.46. The van der Waals surface area contributed by atoms with Crippen molar-refractivity contribution >= 4 is 35.8 Å². The molecule has 0 aromatic heterocycles. The topological polar surface area (TPSA) is 213 Å². The zero-order valence-electron chi connectivity index (χ0n) is 31.8. The second kappa shape index (κ2) is 19.3. The van der Waals surface area contributed by atoms with E-state index in [0.29, 0.717) is 0 Å². The van der Waals surface area contributed by atoms with Crippen molar-refractivity contribution in [2.75, 3.05) is 19.8 Å². The molecule has 0 radical (unpaired) electrons. The van der Waals surface area contributed by atoms with Gasteiger partial charge in [0.25, 0.3) is 5.97 Å². The number of carbonyl (C=O) groups excluding carboxylic acids is 6. The van der Waals surface area contributed by atoms with Crippen molar-refractivity contribution in [2.24, 2.45) is 0 Å². The highest BCUT2D eigenvalue weighted by atomic mass is 16.9. The van der Waals surface area contributed by atoms with E-state index in [1.807, 2.05) is 0 Å². The highest BCUT2D eigenvalue weighted by molar-refractivity contribution is 5.90. The Hall–Kier alpha value is -5.24. The predicted octanol–water partition coefficient (Wildman–Crippen LogP) is 2.55. The molecule has 3 fully saturated rings. The minimum absolute atomic E-state index is 0.126. The van der Waals surface area contributed by atoms with Crippen LogP contribution in [0.3, 0.4) is 0 Å². The Morgan fingerprint density at radius 3 is 1.72 bits per heavy atom. The Bertz CT molecular complexity index is 1750. The van der Waals surface area contributed by atoms with Gasteiger partial charge in [-0.05, 0) is 24.3 Å². The average Bonchev–Trinajstić information content (AvgIpc) is 3.50. The van der Waals surface area contributed by atoms with Crippen LogP contribution in [0.2, 0.25) is 0 Å². The highest BCUT2D eigenvalue weighted by Crippen LogP contribution is 2.42. The van der Waals surface area contributed by atoms with Crippen LogP contribution in [-0.2, 0) is 76.0 Å². The Kier molecular flexibility index (Phi) is 14.5. The van der Waals surface area contributed by atoms with Gasteiger partial charge in [-0.15, -0.1) is 6.58 Å². The van der Waals surface area contributed by atoms with Gasteiger partial charge in [0.15, 0.2) is 43.1 Å². The molecule has 2 aromatic rings. The van der Waals surface area contributed by atoms with Crippen LogP contribution in [0.5, 0.6) is 0 Å². The van der Waals surface area contributed by atoms with Gasteiger partial charge < -0.3 is 52.1 Å². The molecule has 3 heterocycles. The molecule has 2 aromatic carbocycles. The summed E-state index contributed by atoms with van der Waals surface area (Å²) < 4.78 is 70.5. The Labute approximate surface area is 327 Å². The molecule has 0 aliphatic carbocycles. The summed E-state index contributed by atoms with van der Waals surface area (Å²) in [7, 11) is 0. The van der Waals surface area contributed by atoms with Gasteiger partial charge in [-0.25, -0.2) is 9.59 Å². The van der Waals surface area contributed by atoms with Gasteiger partial charge in [-0.3, -0.25) is 23.9 Å². The van der Waals surface area contributed by atoms with Gasteiger partial charge in [0.05, 0.1) is 17.7 Å². The number of rotatable bonds is 15. The van der Waals surface area contributed by atoms with Gasteiger partial charge in [0.1, 0.15) is 31.5 Å². The van der Waals surface area contributed by atoms with Gasteiger partial charge in [0, 0.05) is 34.6 Å². The second-order valence-corrected chi connectivity index (χ2v) is 13.1. The largest absolute Gasteiger partial charge is 0.463 e. The number of hydrogen-bond donors (Lipinski definition) is 0. The van der Waals surface area contributed by atoms with Crippen LogP contribution in [0, 0.1) is 0 Å². The van der Waals surface area contributed by atoms with Crippen molar-refractivity contribution in [3.05, 3.63) is 84.4 Å². The van der Waals surface area contributed by atoms with E-state index in [9.17, 15) is 28.8 Å². The first-order valence-corrected chi connectivity index (χ1v) is 17.9. The summed E-state index contributed by atoms with van der Waals surface area (Å²) in [5.41, 5.74) is 0.365. The summed E-state index contributed by atoms with van der Waals surface area (Å²) >= 11 is 0. The van der Waals surface area contributed by atoms with Crippen molar-refractivity contribution in [2.45, 2.75) is 102 Å². The number of esters is 6. The van der Waals surface area contributed by atoms with E-state index in [1.54, 1.807) is 36.4 Å². The maximum Gasteiger partial charge on any atom is 0.338 e. The van der Waals surface area contributed by atoms with Gasteiger partial charge in [0.2, 0.25) is 0 Å². The molecular formula is C39H44O18. The molecule has 0 amide bonds. The van der Waals surface area contributed by atoms with E-state index in [2.05, 4.69) is 6.58 Å². The third kappa shape index (κ3) is 11.2. The lowest BCUT2D eigenvalue weighted by Crippen LogP contribution is -2.64. The molecule has 0 spiro atoms. The molecule has 18 heteroatoms. The summed E-state index contributed by atoms with van der Waals surface area (Å²) in [6.45, 7) is 8.42. The molecular weight excluding hydrogens is 756 g/mol. The van der Waals surface area contributed by atoms with E-state index < -0.39 is 116 Å². The first kappa shape index (κ1) is 42.9. The molecule has 3 aliphatic rings. The van der Waals surface area contributed by atoms with E-state index in [1.165, 1.54) is 37.3 Å². The first-order chi connectivity index (χ1) is 27.2. The van der Waals surface area contributed by atoms with E-state index >= 15 is 0 Å². The first-order valence-electron chi connectivity index (χ1n) is 17.9. The second-order valence-electron chi connectivity index (χ2n) is 13.1. The minimum atomic E-state index is -2.21. The summed E-state index contributed by atoms with van der Waals surface area (Å²) in [5, 5.41) is 0. The molecule has 3 aliphatic heterocycles. The minimum Gasteiger partial charge on any atom is -0.463 e. The number of hydrogen-bond acceptors (Lipinski definition) is 18. The van der Waals surface area contributed by atoms with Crippen molar-refractivity contribution in [3.8, 4) is 0 Å². The molecule has 0 unspecified atom stereocenters. The molecule has 0 saturated carbocycles. The fourth-order valence-electron chi connectivity index (χ4n) is 6.36. The Balaban J connectivity index is 1.52. The molecule has 0 N–H and O–H groups in total. The van der Waals surface area contributed by atoms with Gasteiger partial charge in [-0.2, -0.15) is 0 Å². The molecule has 11 atom stereocenters. The standard InChI is InChI=1S/C39H44O18/c1-7-18-46-37-33(54-36(45)26-16-12-9-13-17-26)32(30(50-23(4)42)28(52-37)20-48-35(44)25-14-10-8-11-15-25)55-39(6)56-34-31(51-24(5)43)29(49-22(3)41)27(19-47-21(2)40)53-38(34)57-39/h7-17,27-34,37-38H,1,18-20H2,2-6H3/t27-,28-,29-,30-,31+,32+,33-,34-,37+,38-,39+/m1/s1. The number of carbonyl (C=O) groups is 6. The van der Waals surface area contributed by atoms with Gasteiger partial charge in [-0.1, -0.05) is 42.5 Å². The SMILES string of the molecule is C=CCO[C@H]1O[C@H](COC(=O)c2ccccc2)[C@@H](OC(C)=O)[C@H](O[C@]2(C)O[C@H]3O[C@H](COC(C)=O)[C@@H](OC(C)=O)[C@H](OC(C)=O)[C@H]3O2)[C@H]1OC(=O)c1ccccc1. The molecule has 18 nitrogen and oxygen atoms in total. The number of fused-ring (bicyclic) bond motifs is 1. The Morgan fingerprint density at radius 2 is 1.16 bits per heavy atom. The summed E-state index contributed by atoms with van der Waals surface area (Å²) in [6.07, 6.45) is -12.7.